The Kier molecular flexibility index (Phi) is 17.5. The maximum atomic E-state index is 8.73. The number of phenols is 1. The predicted molar refractivity (Wildman–Crippen MR) is 32.5 cm³/mol. The van der Waals surface area contributed by atoms with Crippen molar-refractivity contribution < 1.29 is 103 Å². The zero-order valence-electron chi connectivity index (χ0n) is 6.07. The maximum Gasteiger partial charge on any atom is 0.117 e. The minimum atomic E-state index is 0. The second-order valence-electron chi connectivity index (χ2n) is 1.59. The maximum absolute atomic E-state index is 8.73. The molecule has 0 aromatic heterocycles. The Morgan fingerprint density at radius 1 is 1.09 bits per heavy atom. The number of rotatable bonds is 0. The summed E-state index contributed by atoms with van der Waals surface area (Å²) in [7, 11) is 0. The second-order valence-corrected chi connectivity index (χ2v) is 1.59. The summed E-state index contributed by atoms with van der Waals surface area (Å²) in [5.41, 5.74) is 5.89. The molecule has 0 atom stereocenters. The summed E-state index contributed by atoms with van der Waals surface area (Å²) in [6, 6.07) is 6.50. The van der Waals surface area contributed by atoms with Gasteiger partial charge < -0.3 is 10.8 Å². The van der Waals surface area contributed by atoms with Gasteiger partial charge in [-0.15, -0.1) is 0 Å². The molecule has 51 valence electrons. The Bertz CT molecular complexity index is 178. The Hall–Kier alpha value is 2.13. The van der Waals surface area contributed by atoms with Crippen LogP contribution in [0.5, 0.6) is 5.75 Å². The van der Waals surface area contributed by atoms with Crippen LogP contribution < -0.4 is 5.73 Å². The summed E-state index contributed by atoms with van der Waals surface area (Å²) < 4.78 is 0. The third kappa shape index (κ3) is 8.46. The molecule has 11 heavy (non-hydrogen) atoms. The number of nitrogen functional groups attached to an aromatic ring is 1. The van der Waals surface area contributed by atoms with Crippen LogP contribution in [0.3, 0.4) is 0 Å². The Balaban J connectivity index is -0.000000213. The van der Waals surface area contributed by atoms with Gasteiger partial charge in [0.15, 0.2) is 0 Å². The summed E-state index contributed by atoms with van der Waals surface area (Å²) in [6.45, 7) is 0. The van der Waals surface area contributed by atoms with Gasteiger partial charge in [0.1, 0.15) is 5.75 Å². The van der Waals surface area contributed by atoms with Crippen LogP contribution in [-0.2, 0) is 98.1 Å². The second kappa shape index (κ2) is 10.2. The van der Waals surface area contributed by atoms with E-state index in [0.717, 1.165) is 0 Å². The molecule has 3 N–H and O–H groups in total. The van der Waals surface area contributed by atoms with Crippen molar-refractivity contribution in [2.24, 2.45) is 0 Å². The van der Waals surface area contributed by atoms with Crippen molar-refractivity contribution in [2.45, 2.75) is 0 Å². The van der Waals surface area contributed by atoms with E-state index in [-0.39, 0.29) is 104 Å². The fourth-order valence-corrected chi connectivity index (χ4v) is 0.525. The average molecular weight is 376 g/mol. The van der Waals surface area contributed by atoms with Gasteiger partial charge in [0.2, 0.25) is 0 Å². The summed E-state index contributed by atoms with van der Waals surface area (Å²) >= 11 is 0. The SMILES string of the molecule is Nc1cccc(O)c1.[Y].[Y].[Y]. The zero-order chi connectivity index (χ0) is 5.98. The number of anilines is 1. The Morgan fingerprint density at radius 3 is 1.91 bits per heavy atom. The van der Waals surface area contributed by atoms with Crippen LogP contribution in [0, 0.1) is 0 Å². The normalized spacial score (nSPS) is 6.55. The molecule has 0 aliphatic carbocycles. The van der Waals surface area contributed by atoms with Crippen molar-refractivity contribution in [1.82, 2.24) is 0 Å². The number of hydrogen-bond donors (Lipinski definition) is 2. The molecular formula is C6H7NOY3. The Labute approximate surface area is 142 Å². The molecule has 1 rings (SSSR count). The number of hydrogen-bond acceptors (Lipinski definition) is 2. The van der Waals surface area contributed by atoms with Gasteiger partial charge in [-0.3, -0.25) is 0 Å². The molecule has 0 aliphatic rings. The van der Waals surface area contributed by atoms with Gasteiger partial charge in [-0.2, -0.15) is 0 Å². The van der Waals surface area contributed by atoms with Crippen molar-refractivity contribution in [3.63, 3.8) is 0 Å². The van der Waals surface area contributed by atoms with Crippen molar-refractivity contribution >= 4 is 5.69 Å². The van der Waals surface area contributed by atoms with Gasteiger partial charge in [-0.1, -0.05) is 6.07 Å². The molecule has 1 aromatic rings. The van der Waals surface area contributed by atoms with E-state index in [4.69, 9.17) is 10.8 Å². The molecule has 0 bridgehead atoms. The van der Waals surface area contributed by atoms with Crippen molar-refractivity contribution in [3.8, 4) is 5.75 Å². The molecule has 0 saturated carbocycles. The molecule has 5 heteroatoms. The molecule has 0 unspecified atom stereocenters. The largest absolute Gasteiger partial charge is 0.508 e. The first kappa shape index (κ1) is 18.8. The van der Waals surface area contributed by atoms with Crippen molar-refractivity contribution in [2.75, 3.05) is 5.73 Å². The van der Waals surface area contributed by atoms with Crippen LogP contribution in [0.2, 0.25) is 0 Å². The first-order valence-corrected chi connectivity index (χ1v) is 2.33. The molecule has 3 radical (unpaired) electrons. The monoisotopic (exact) mass is 376 g/mol. The van der Waals surface area contributed by atoms with Crippen LogP contribution in [0.4, 0.5) is 5.69 Å². The summed E-state index contributed by atoms with van der Waals surface area (Å²) in [4.78, 5) is 0. The fraction of sp³-hybridized carbons (Fsp3) is 0. The molecule has 0 amide bonds. The summed E-state index contributed by atoms with van der Waals surface area (Å²) in [6.07, 6.45) is 0. The van der Waals surface area contributed by atoms with Gasteiger partial charge in [-0.05, 0) is 12.1 Å². The molecule has 0 spiro atoms. The molecule has 0 fully saturated rings. The molecule has 0 heterocycles. The average Bonchev–Trinajstić information content (AvgIpc) is 1.64. The van der Waals surface area contributed by atoms with Crippen LogP contribution >= 0.6 is 0 Å². The zero-order valence-corrected chi connectivity index (χ0v) is 14.6. The van der Waals surface area contributed by atoms with E-state index in [0.29, 0.717) is 5.69 Å². The van der Waals surface area contributed by atoms with Crippen LogP contribution in [-0.4, -0.2) is 5.11 Å². The standard InChI is InChI=1S/C6H7NO.3Y/c7-5-2-1-3-6(8)4-5;;;/h1-4,8H,7H2;;;. The predicted octanol–water partition coefficient (Wildman–Crippen LogP) is 0.967. The van der Waals surface area contributed by atoms with E-state index < -0.39 is 0 Å². The molecule has 2 nitrogen and oxygen atoms in total. The van der Waals surface area contributed by atoms with Gasteiger partial charge >= 0.3 is 0 Å². The van der Waals surface area contributed by atoms with Gasteiger partial charge in [0, 0.05) is 110 Å². The smallest absolute Gasteiger partial charge is 0.117 e. The van der Waals surface area contributed by atoms with Crippen LogP contribution in [0.25, 0.3) is 0 Å². The van der Waals surface area contributed by atoms with E-state index in [9.17, 15) is 0 Å². The van der Waals surface area contributed by atoms with E-state index in [1.807, 2.05) is 0 Å². The first-order valence-electron chi connectivity index (χ1n) is 2.33. The minimum absolute atomic E-state index is 0. The number of aromatic hydroxyl groups is 1. The van der Waals surface area contributed by atoms with E-state index in [1.165, 1.54) is 6.07 Å². The third-order valence-electron chi connectivity index (χ3n) is 0.870. The van der Waals surface area contributed by atoms with E-state index in [1.54, 1.807) is 18.2 Å². The Morgan fingerprint density at radius 2 is 1.64 bits per heavy atom. The van der Waals surface area contributed by atoms with Crippen LogP contribution in [0.15, 0.2) is 24.3 Å². The van der Waals surface area contributed by atoms with E-state index in [2.05, 4.69) is 0 Å². The van der Waals surface area contributed by atoms with Crippen molar-refractivity contribution in [3.05, 3.63) is 24.3 Å². The van der Waals surface area contributed by atoms with E-state index >= 15 is 0 Å². The quantitative estimate of drug-likeness (QED) is 0.664. The van der Waals surface area contributed by atoms with Gasteiger partial charge in [0.05, 0.1) is 0 Å². The van der Waals surface area contributed by atoms with Crippen molar-refractivity contribution in [1.29, 1.82) is 0 Å². The van der Waals surface area contributed by atoms with Gasteiger partial charge in [0.25, 0.3) is 0 Å². The molecule has 0 saturated heterocycles. The van der Waals surface area contributed by atoms with Gasteiger partial charge in [-0.25, -0.2) is 0 Å². The third-order valence-corrected chi connectivity index (χ3v) is 0.870. The number of benzene rings is 1. The minimum Gasteiger partial charge on any atom is -0.508 e. The summed E-state index contributed by atoms with van der Waals surface area (Å²) in [5.74, 6) is 0.213. The number of nitrogens with two attached hydrogens (primary N) is 1. The molecule has 1 aromatic carbocycles. The van der Waals surface area contributed by atoms with Crippen LogP contribution in [0.1, 0.15) is 0 Å². The molecular weight excluding hydrogens is 369 g/mol. The first-order chi connectivity index (χ1) is 3.79. The number of phenolic OH excluding ortho intramolecular Hbond substituents is 1. The summed E-state index contributed by atoms with van der Waals surface area (Å²) in [5, 5.41) is 8.73. The molecule has 0 aliphatic heterocycles. The topological polar surface area (TPSA) is 46.2 Å². The fourth-order valence-electron chi connectivity index (χ4n) is 0.525.